The second-order valence-electron chi connectivity index (χ2n) is 5.16. The zero-order valence-corrected chi connectivity index (χ0v) is 10.9. The molecule has 0 N–H and O–H groups in total. The number of halogens is 1. The first kappa shape index (κ1) is 12.6. The molecule has 1 atom stereocenters. The number of nitrogens with zero attached hydrogens (tertiary/aromatic N) is 1. The molecule has 1 heterocycles. The Morgan fingerprint density at radius 3 is 2.94 bits per heavy atom. The Labute approximate surface area is 104 Å². The van der Waals surface area contributed by atoms with Gasteiger partial charge in [-0.05, 0) is 62.4 Å². The molecule has 1 aliphatic heterocycles. The van der Waals surface area contributed by atoms with Gasteiger partial charge in [-0.3, -0.25) is 0 Å². The molecule has 0 aliphatic carbocycles. The third kappa shape index (κ3) is 3.06. The number of likely N-dealkylation sites (tertiary alicyclic amines) is 1. The summed E-state index contributed by atoms with van der Waals surface area (Å²) in [4.78, 5) is 2.47. The summed E-state index contributed by atoms with van der Waals surface area (Å²) in [7, 11) is 0. The number of aryl methyl sites for hydroxylation is 1. The summed E-state index contributed by atoms with van der Waals surface area (Å²) in [6, 6.07) is 5.66. The Hall–Kier alpha value is -0.890. The van der Waals surface area contributed by atoms with Crippen molar-refractivity contribution in [2.24, 2.45) is 0 Å². The number of rotatable bonds is 3. The number of benzene rings is 1. The second kappa shape index (κ2) is 5.63. The molecule has 0 spiro atoms. The van der Waals surface area contributed by atoms with Gasteiger partial charge in [0.25, 0.3) is 0 Å². The van der Waals surface area contributed by atoms with Gasteiger partial charge < -0.3 is 4.90 Å². The van der Waals surface area contributed by atoms with Crippen LogP contribution >= 0.6 is 0 Å². The molecular formula is C15H22FN. The van der Waals surface area contributed by atoms with Gasteiger partial charge in [-0.25, -0.2) is 4.39 Å². The van der Waals surface area contributed by atoms with Crippen LogP contribution in [-0.4, -0.2) is 24.5 Å². The van der Waals surface area contributed by atoms with Crippen molar-refractivity contribution in [3.05, 3.63) is 35.1 Å². The molecule has 2 rings (SSSR count). The fourth-order valence-corrected chi connectivity index (χ4v) is 2.79. The Morgan fingerprint density at radius 2 is 2.24 bits per heavy atom. The van der Waals surface area contributed by atoms with Crippen LogP contribution < -0.4 is 0 Å². The average molecular weight is 235 g/mol. The molecule has 2 heteroatoms. The predicted molar refractivity (Wildman–Crippen MR) is 69.8 cm³/mol. The topological polar surface area (TPSA) is 3.24 Å². The highest BCUT2D eigenvalue weighted by Crippen LogP contribution is 2.29. The number of hydrogen-bond donors (Lipinski definition) is 0. The fourth-order valence-electron chi connectivity index (χ4n) is 2.79. The summed E-state index contributed by atoms with van der Waals surface area (Å²) < 4.78 is 13.9. The molecule has 1 saturated heterocycles. The van der Waals surface area contributed by atoms with E-state index in [4.69, 9.17) is 0 Å². The van der Waals surface area contributed by atoms with Crippen LogP contribution in [0, 0.1) is 12.7 Å². The Morgan fingerprint density at radius 1 is 1.41 bits per heavy atom. The van der Waals surface area contributed by atoms with Crippen molar-refractivity contribution in [3.8, 4) is 0 Å². The first-order valence-corrected chi connectivity index (χ1v) is 6.69. The highest BCUT2D eigenvalue weighted by atomic mass is 19.1. The first-order chi connectivity index (χ1) is 8.20. The monoisotopic (exact) mass is 235 g/mol. The van der Waals surface area contributed by atoms with Gasteiger partial charge in [-0.2, -0.15) is 0 Å². The van der Waals surface area contributed by atoms with Crippen LogP contribution in [-0.2, 0) is 0 Å². The van der Waals surface area contributed by atoms with E-state index in [1.165, 1.54) is 19.4 Å². The largest absolute Gasteiger partial charge is 0.303 e. The molecule has 0 bridgehead atoms. The van der Waals surface area contributed by atoms with Crippen LogP contribution in [0.3, 0.4) is 0 Å². The Bertz CT molecular complexity index is 373. The van der Waals surface area contributed by atoms with E-state index in [2.05, 4.69) is 11.8 Å². The van der Waals surface area contributed by atoms with Crippen molar-refractivity contribution in [2.75, 3.05) is 19.6 Å². The van der Waals surface area contributed by atoms with Crippen molar-refractivity contribution in [1.29, 1.82) is 0 Å². The van der Waals surface area contributed by atoms with Gasteiger partial charge in [-0.15, -0.1) is 0 Å². The quantitative estimate of drug-likeness (QED) is 0.771. The van der Waals surface area contributed by atoms with Crippen LogP contribution in [0.25, 0.3) is 0 Å². The van der Waals surface area contributed by atoms with E-state index >= 15 is 0 Å². The van der Waals surface area contributed by atoms with Gasteiger partial charge in [0.15, 0.2) is 0 Å². The van der Waals surface area contributed by atoms with Crippen LogP contribution in [0.5, 0.6) is 0 Å². The molecule has 1 nitrogen and oxygen atoms in total. The van der Waals surface area contributed by atoms with E-state index in [1.807, 2.05) is 19.1 Å². The Kier molecular flexibility index (Phi) is 4.16. The molecule has 1 aliphatic rings. The predicted octanol–water partition coefficient (Wildman–Crippen LogP) is 3.72. The third-order valence-corrected chi connectivity index (χ3v) is 3.64. The maximum absolute atomic E-state index is 13.9. The van der Waals surface area contributed by atoms with Crippen LogP contribution in [0.2, 0.25) is 0 Å². The Balaban J connectivity index is 2.10. The van der Waals surface area contributed by atoms with Crippen molar-refractivity contribution in [1.82, 2.24) is 4.90 Å². The molecule has 0 radical (unpaired) electrons. The van der Waals surface area contributed by atoms with Gasteiger partial charge in [0.2, 0.25) is 0 Å². The molecule has 0 saturated carbocycles. The van der Waals surface area contributed by atoms with Crippen molar-refractivity contribution in [2.45, 2.75) is 39.0 Å². The van der Waals surface area contributed by atoms with Gasteiger partial charge in [0.1, 0.15) is 5.82 Å². The molecule has 94 valence electrons. The lowest BCUT2D eigenvalue weighted by Gasteiger charge is -2.32. The third-order valence-electron chi connectivity index (χ3n) is 3.64. The van der Waals surface area contributed by atoms with E-state index in [0.717, 1.165) is 30.6 Å². The van der Waals surface area contributed by atoms with E-state index in [-0.39, 0.29) is 5.82 Å². The number of piperidine rings is 1. The van der Waals surface area contributed by atoms with Crippen molar-refractivity contribution >= 4 is 0 Å². The maximum Gasteiger partial charge on any atom is 0.126 e. The second-order valence-corrected chi connectivity index (χ2v) is 5.16. The minimum atomic E-state index is -0.0200. The molecule has 17 heavy (non-hydrogen) atoms. The molecular weight excluding hydrogens is 213 g/mol. The average Bonchev–Trinajstić information content (AvgIpc) is 2.29. The van der Waals surface area contributed by atoms with E-state index in [9.17, 15) is 4.39 Å². The molecule has 1 aromatic carbocycles. The lowest BCUT2D eigenvalue weighted by molar-refractivity contribution is 0.206. The highest BCUT2D eigenvalue weighted by Gasteiger charge is 2.22. The molecule has 1 unspecified atom stereocenters. The minimum absolute atomic E-state index is 0.0200. The highest BCUT2D eigenvalue weighted by molar-refractivity contribution is 5.27. The van der Waals surface area contributed by atoms with Crippen LogP contribution in [0.15, 0.2) is 18.2 Å². The molecule has 1 fully saturated rings. The SMILES string of the molecule is CCCN1CCCC(c2ccc(C)cc2F)C1. The fraction of sp³-hybridized carbons (Fsp3) is 0.600. The van der Waals surface area contributed by atoms with Crippen LogP contribution in [0.1, 0.15) is 43.2 Å². The van der Waals surface area contributed by atoms with Crippen molar-refractivity contribution < 1.29 is 4.39 Å². The van der Waals surface area contributed by atoms with Gasteiger partial charge in [0, 0.05) is 6.54 Å². The van der Waals surface area contributed by atoms with Gasteiger partial charge in [0.05, 0.1) is 0 Å². The molecule has 0 aromatic heterocycles. The summed E-state index contributed by atoms with van der Waals surface area (Å²) in [5.74, 6) is 0.365. The molecule has 0 amide bonds. The summed E-state index contributed by atoms with van der Waals surface area (Å²) in [5, 5.41) is 0. The summed E-state index contributed by atoms with van der Waals surface area (Å²) in [6.07, 6.45) is 3.50. The lowest BCUT2D eigenvalue weighted by Crippen LogP contribution is -2.35. The first-order valence-electron chi connectivity index (χ1n) is 6.69. The zero-order chi connectivity index (χ0) is 12.3. The molecule has 1 aromatic rings. The van der Waals surface area contributed by atoms with Crippen LogP contribution in [0.4, 0.5) is 4.39 Å². The van der Waals surface area contributed by atoms with Gasteiger partial charge in [-0.1, -0.05) is 19.1 Å². The maximum atomic E-state index is 13.9. The van der Waals surface area contributed by atoms with Crippen molar-refractivity contribution in [3.63, 3.8) is 0 Å². The smallest absolute Gasteiger partial charge is 0.126 e. The van der Waals surface area contributed by atoms with Gasteiger partial charge >= 0.3 is 0 Å². The lowest BCUT2D eigenvalue weighted by atomic mass is 9.89. The summed E-state index contributed by atoms with van der Waals surface area (Å²) >= 11 is 0. The summed E-state index contributed by atoms with van der Waals surface area (Å²) in [6.45, 7) is 7.49. The minimum Gasteiger partial charge on any atom is -0.303 e. The van der Waals surface area contributed by atoms with E-state index in [1.54, 1.807) is 6.07 Å². The summed E-state index contributed by atoms with van der Waals surface area (Å²) in [5.41, 5.74) is 1.92. The normalized spacial score (nSPS) is 21.7. The zero-order valence-electron chi connectivity index (χ0n) is 10.9. The van der Waals surface area contributed by atoms with E-state index < -0.39 is 0 Å². The number of hydrogen-bond acceptors (Lipinski definition) is 1. The van der Waals surface area contributed by atoms with E-state index in [0.29, 0.717) is 5.92 Å². The standard InChI is InChI=1S/C15H22FN/c1-3-8-17-9-4-5-13(11-17)14-7-6-12(2)10-15(14)16/h6-7,10,13H,3-5,8-9,11H2,1-2H3.